The van der Waals surface area contributed by atoms with Gasteiger partial charge < -0.3 is 9.47 Å². The van der Waals surface area contributed by atoms with E-state index in [1.807, 2.05) is 6.92 Å². The number of aromatic nitrogens is 3. The zero-order valence-electron chi connectivity index (χ0n) is 10.8. The predicted octanol–water partition coefficient (Wildman–Crippen LogP) is 1.05. The Bertz CT molecular complexity index is 374. The van der Waals surface area contributed by atoms with Gasteiger partial charge >= 0.3 is 5.97 Å². The molecule has 6 nitrogen and oxygen atoms in total. The maximum atomic E-state index is 11.6. The van der Waals surface area contributed by atoms with Crippen LogP contribution in [0.3, 0.4) is 0 Å². The minimum atomic E-state index is -0.449. The van der Waals surface area contributed by atoms with Gasteiger partial charge in [-0.2, -0.15) is 0 Å². The van der Waals surface area contributed by atoms with Crippen LogP contribution in [0.5, 0.6) is 0 Å². The lowest BCUT2D eigenvalue weighted by Crippen LogP contribution is -2.12. The second kappa shape index (κ2) is 6.34. The summed E-state index contributed by atoms with van der Waals surface area (Å²) in [6.07, 6.45) is 0. The lowest BCUT2D eigenvalue weighted by atomic mass is 10.2. The van der Waals surface area contributed by atoms with E-state index in [0.717, 1.165) is 12.2 Å². The topological polar surface area (TPSA) is 66.2 Å². The molecule has 1 rings (SSSR count). The molecule has 1 aromatic heterocycles. The second-order valence-electron chi connectivity index (χ2n) is 4.23. The molecule has 6 heteroatoms. The number of hydrogen-bond acceptors (Lipinski definition) is 5. The number of methoxy groups -OCH3 is 1. The van der Waals surface area contributed by atoms with Crippen LogP contribution in [0.1, 0.15) is 30.0 Å². The Morgan fingerprint density at radius 3 is 2.71 bits per heavy atom. The van der Waals surface area contributed by atoms with Gasteiger partial charge in [-0.15, -0.1) is 5.10 Å². The molecule has 0 amide bonds. The molecule has 0 saturated carbocycles. The van der Waals surface area contributed by atoms with Crippen molar-refractivity contribution in [2.75, 3.05) is 20.3 Å². The molecule has 0 fully saturated rings. The first kappa shape index (κ1) is 13.6. The lowest BCUT2D eigenvalue weighted by Gasteiger charge is -2.06. The van der Waals surface area contributed by atoms with Crippen molar-refractivity contribution in [1.29, 1.82) is 0 Å². The van der Waals surface area contributed by atoms with Gasteiger partial charge in [-0.25, -0.2) is 9.48 Å². The first-order chi connectivity index (χ1) is 8.06. The van der Waals surface area contributed by atoms with Crippen molar-refractivity contribution in [3.63, 3.8) is 0 Å². The molecule has 17 heavy (non-hydrogen) atoms. The van der Waals surface area contributed by atoms with Gasteiger partial charge in [-0.1, -0.05) is 19.1 Å². The number of hydrogen-bond donors (Lipinski definition) is 0. The van der Waals surface area contributed by atoms with E-state index >= 15 is 0 Å². The quantitative estimate of drug-likeness (QED) is 0.550. The number of esters is 1. The highest BCUT2D eigenvalue weighted by atomic mass is 16.6. The Labute approximate surface area is 101 Å². The van der Waals surface area contributed by atoms with Crippen molar-refractivity contribution < 1.29 is 14.3 Å². The van der Waals surface area contributed by atoms with Gasteiger partial charge in [0, 0.05) is 13.7 Å². The number of nitrogens with zero attached hydrogens (tertiary/aromatic N) is 3. The summed E-state index contributed by atoms with van der Waals surface area (Å²) in [6.45, 7) is 7.33. The van der Waals surface area contributed by atoms with E-state index in [4.69, 9.17) is 9.47 Å². The van der Waals surface area contributed by atoms with Crippen LogP contribution in [0.15, 0.2) is 0 Å². The molecule has 1 heterocycles. The zero-order chi connectivity index (χ0) is 12.8. The minimum absolute atomic E-state index is 0.228. The van der Waals surface area contributed by atoms with E-state index in [1.165, 1.54) is 0 Å². The maximum Gasteiger partial charge on any atom is 0.360 e. The molecule has 0 unspecified atom stereocenters. The Hall–Kier alpha value is -1.43. The summed E-state index contributed by atoms with van der Waals surface area (Å²) in [5, 5.41) is 7.78. The molecule has 0 spiro atoms. The molecule has 0 saturated heterocycles. The highest BCUT2D eigenvalue weighted by Crippen LogP contribution is 2.08. The largest absolute Gasteiger partial charge is 0.458 e. The minimum Gasteiger partial charge on any atom is -0.458 e. The fourth-order valence-corrected chi connectivity index (χ4v) is 1.35. The summed E-state index contributed by atoms with van der Waals surface area (Å²) in [5.41, 5.74) is 1.02. The standard InChI is InChI=1S/C11H19N3O3/c1-8(2)7-14-9(3)10(12-13-14)11(15)17-6-5-16-4/h8H,5-7H2,1-4H3. The van der Waals surface area contributed by atoms with Crippen LogP contribution in [-0.2, 0) is 16.0 Å². The van der Waals surface area contributed by atoms with Crippen molar-refractivity contribution in [1.82, 2.24) is 15.0 Å². The van der Waals surface area contributed by atoms with Gasteiger partial charge in [0.05, 0.1) is 12.3 Å². The van der Waals surface area contributed by atoms with Crippen LogP contribution in [0.25, 0.3) is 0 Å². The van der Waals surface area contributed by atoms with Crippen molar-refractivity contribution in [2.45, 2.75) is 27.3 Å². The molecule has 0 aliphatic heterocycles. The lowest BCUT2D eigenvalue weighted by molar-refractivity contribution is 0.0380. The SMILES string of the molecule is COCCOC(=O)c1nnn(CC(C)C)c1C. The molecule has 0 N–H and O–H groups in total. The van der Waals surface area contributed by atoms with Gasteiger partial charge in [-0.3, -0.25) is 0 Å². The summed E-state index contributed by atoms with van der Waals surface area (Å²) in [7, 11) is 1.55. The molecule has 0 atom stereocenters. The van der Waals surface area contributed by atoms with Crippen molar-refractivity contribution in [2.24, 2.45) is 5.92 Å². The predicted molar refractivity (Wildman–Crippen MR) is 61.8 cm³/mol. The summed E-state index contributed by atoms with van der Waals surface area (Å²) in [6, 6.07) is 0. The van der Waals surface area contributed by atoms with Crippen LogP contribution < -0.4 is 0 Å². The molecular formula is C11H19N3O3. The van der Waals surface area contributed by atoms with Gasteiger partial charge in [0.15, 0.2) is 5.69 Å². The van der Waals surface area contributed by atoms with Crippen molar-refractivity contribution in [3.8, 4) is 0 Å². The highest BCUT2D eigenvalue weighted by Gasteiger charge is 2.17. The molecule has 0 aliphatic carbocycles. The van der Waals surface area contributed by atoms with E-state index < -0.39 is 5.97 Å². The molecular weight excluding hydrogens is 222 g/mol. The fourth-order valence-electron chi connectivity index (χ4n) is 1.35. The fraction of sp³-hybridized carbons (Fsp3) is 0.727. The number of carbonyl (C=O) groups is 1. The van der Waals surface area contributed by atoms with Gasteiger partial charge in [0.2, 0.25) is 0 Å². The molecule has 0 aliphatic rings. The van der Waals surface area contributed by atoms with E-state index in [2.05, 4.69) is 24.2 Å². The first-order valence-corrected chi connectivity index (χ1v) is 5.62. The van der Waals surface area contributed by atoms with Crippen LogP contribution in [-0.4, -0.2) is 41.3 Å². The third-order valence-electron chi connectivity index (χ3n) is 2.23. The summed E-state index contributed by atoms with van der Waals surface area (Å²) >= 11 is 0. The van der Waals surface area contributed by atoms with Gasteiger partial charge in [0.1, 0.15) is 6.61 Å². The van der Waals surface area contributed by atoms with E-state index in [9.17, 15) is 4.79 Å². The number of carbonyl (C=O) groups excluding carboxylic acids is 1. The molecule has 96 valence electrons. The molecule has 1 aromatic rings. The summed E-state index contributed by atoms with van der Waals surface area (Å²) < 4.78 is 11.5. The second-order valence-corrected chi connectivity index (χ2v) is 4.23. The normalized spacial score (nSPS) is 10.9. The van der Waals surface area contributed by atoms with E-state index in [1.54, 1.807) is 11.8 Å². The Kier molecular flexibility index (Phi) is 5.09. The van der Waals surface area contributed by atoms with Crippen LogP contribution in [0.2, 0.25) is 0 Å². The van der Waals surface area contributed by atoms with Crippen molar-refractivity contribution in [3.05, 3.63) is 11.4 Å². The van der Waals surface area contributed by atoms with Crippen LogP contribution >= 0.6 is 0 Å². The average molecular weight is 241 g/mol. The molecule has 0 aromatic carbocycles. The van der Waals surface area contributed by atoms with E-state index in [0.29, 0.717) is 12.5 Å². The van der Waals surface area contributed by atoms with Gasteiger partial charge in [-0.05, 0) is 12.8 Å². The molecule has 0 bridgehead atoms. The Morgan fingerprint density at radius 1 is 1.41 bits per heavy atom. The average Bonchev–Trinajstić information content (AvgIpc) is 2.60. The Morgan fingerprint density at radius 2 is 2.12 bits per heavy atom. The van der Waals surface area contributed by atoms with Crippen LogP contribution in [0.4, 0.5) is 0 Å². The third kappa shape index (κ3) is 3.81. The Balaban J connectivity index is 2.65. The zero-order valence-corrected chi connectivity index (χ0v) is 10.8. The molecule has 0 radical (unpaired) electrons. The van der Waals surface area contributed by atoms with Gasteiger partial charge in [0.25, 0.3) is 0 Å². The smallest absolute Gasteiger partial charge is 0.360 e. The monoisotopic (exact) mass is 241 g/mol. The maximum absolute atomic E-state index is 11.6. The van der Waals surface area contributed by atoms with Crippen LogP contribution in [0, 0.1) is 12.8 Å². The summed E-state index contributed by atoms with van der Waals surface area (Å²) in [4.78, 5) is 11.6. The first-order valence-electron chi connectivity index (χ1n) is 5.62. The van der Waals surface area contributed by atoms with Crippen molar-refractivity contribution >= 4 is 5.97 Å². The summed E-state index contributed by atoms with van der Waals surface area (Å²) in [5.74, 6) is 0.00215. The third-order valence-corrected chi connectivity index (χ3v) is 2.23. The number of rotatable bonds is 6. The number of ether oxygens (including phenoxy) is 2. The van der Waals surface area contributed by atoms with E-state index in [-0.39, 0.29) is 12.3 Å². The highest BCUT2D eigenvalue weighted by molar-refractivity contribution is 5.88.